The van der Waals surface area contributed by atoms with Gasteiger partial charge in [-0.05, 0) is 37.1 Å². The molecule has 2 amide bonds. The molecule has 0 radical (unpaired) electrons. The lowest BCUT2D eigenvalue weighted by Crippen LogP contribution is -2.39. The molecule has 1 aromatic heterocycles. The largest absolute Gasteiger partial charge is 0.378 e. The Kier molecular flexibility index (Phi) is 6.67. The summed E-state index contributed by atoms with van der Waals surface area (Å²) in [6, 6.07) is 7.78. The average Bonchev–Trinajstić information content (AvgIpc) is 3.16. The van der Waals surface area contributed by atoms with E-state index in [0.717, 1.165) is 47.8 Å². The Balaban J connectivity index is 1.61. The molecular formula is C21H28N4O2S. The number of piperidine rings is 1. The van der Waals surface area contributed by atoms with Crippen molar-refractivity contribution >= 4 is 28.8 Å². The van der Waals surface area contributed by atoms with Gasteiger partial charge in [0.2, 0.25) is 5.91 Å². The lowest BCUT2D eigenvalue weighted by molar-refractivity contribution is -0.118. The molecule has 2 aromatic rings. The van der Waals surface area contributed by atoms with Gasteiger partial charge in [0.1, 0.15) is 0 Å². The van der Waals surface area contributed by atoms with Crippen molar-refractivity contribution in [2.24, 2.45) is 0 Å². The first-order chi connectivity index (χ1) is 13.4. The molecule has 0 unspecified atom stereocenters. The minimum Gasteiger partial charge on any atom is -0.378 e. The second kappa shape index (κ2) is 9.19. The molecule has 1 aliphatic heterocycles. The maximum absolute atomic E-state index is 12.9. The van der Waals surface area contributed by atoms with E-state index in [0.29, 0.717) is 19.0 Å². The first-order valence-corrected chi connectivity index (χ1v) is 10.6. The van der Waals surface area contributed by atoms with Crippen LogP contribution in [0.4, 0.5) is 5.69 Å². The lowest BCUT2D eigenvalue weighted by atomic mass is 9.98. The van der Waals surface area contributed by atoms with Crippen molar-refractivity contribution in [3.63, 3.8) is 0 Å². The van der Waals surface area contributed by atoms with Gasteiger partial charge in [0.25, 0.3) is 5.91 Å². The molecule has 3 rings (SSSR count). The third kappa shape index (κ3) is 5.10. The standard InChI is InChI=1S/C21H28N4O2S/c1-15(26)22-11-10-18-14-28-20(23-18)17-5-4-12-25(13-17)21(27)16-6-8-19(9-7-16)24(2)3/h6-9,14,17H,4-5,10-13H2,1-3H3,(H,22,26)/t17-/m0/s1. The smallest absolute Gasteiger partial charge is 0.253 e. The molecule has 28 heavy (non-hydrogen) atoms. The van der Waals surface area contributed by atoms with Crippen LogP contribution in [0.1, 0.15) is 46.7 Å². The van der Waals surface area contributed by atoms with Crippen LogP contribution in [0.5, 0.6) is 0 Å². The highest BCUT2D eigenvalue weighted by molar-refractivity contribution is 7.09. The van der Waals surface area contributed by atoms with Gasteiger partial charge in [0, 0.05) is 69.6 Å². The molecule has 0 aliphatic carbocycles. The summed E-state index contributed by atoms with van der Waals surface area (Å²) in [6.07, 6.45) is 2.79. The maximum Gasteiger partial charge on any atom is 0.253 e. The molecule has 1 fully saturated rings. The highest BCUT2D eigenvalue weighted by atomic mass is 32.1. The minimum atomic E-state index is -0.0181. The molecule has 0 bridgehead atoms. The van der Waals surface area contributed by atoms with Gasteiger partial charge in [0.05, 0.1) is 10.7 Å². The molecule has 1 atom stereocenters. The highest BCUT2D eigenvalue weighted by Gasteiger charge is 2.27. The Morgan fingerprint density at radius 3 is 2.71 bits per heavy atom. The Bertz CT molecular complexity index is 816. The number of nitrogens with one attached hydrogen (secondary N) is 1. The number of carbonyl (C=O) groups is 2. The predicted molar refractivity (Wildman–Crippen MR) is 113 cm³/mol. The number of carbonyl (C=O) groups excluding carboxylic acids is 2. The van der Waals surface area contributed by atoms with Crippen molar-refractivity contribution in [1.82, 2.24) is 15.2 Å². The van der Waals surface area contributed by atoms with Crippen LogP contribution >= 0.6 is 11.3 Å². The summed E-state index contributed by atoms with van der Waals surface area (Å²) in [5.41, 5.74) is 2.83. The van der Waals surface area contributed by atoms with Crippen molar-refractivity contribution < 1.29 is 9.59 Å². The van der Waals surface area contributed by atoms with Crippen molar-refractivity contribution in [2.45, 2.75) is 32.1 Å². The van der Waals surface area contributed by atoms with Crippen LogP contribution in [0.15, 0.2) is 29.6 Å². The van der Waals surface area contributed by atoms with E-state index in [4.69, 9.17) is 4.98 Å². The van der Waals surface area contributed by atoms with Crippen molar-refractivity contribution in [3.8, 4) is 0 Å². The van der Waals surface area contributed by atoms with Gasteiger partial charge in [0.15, 0.2) is 0 Å². The monoisotopic (exact) mass is 400 g/mol. The first-order valence-electron chi connectivity index (χ1n) is 9.69. The Morgan fingerprint density at radius 1 is 1.29 bits per heavy atom. The molecule has 0 spiro atoms. The topological polar surface area (TPSA) is 65.5 Å². The van der Waals surface area contributed by atoms with Crippen LogP contribution in [0.3, 0.4) is 0 Å². The molecule has 1 N–H and O–H groups in total. The zero-order chi connectivity index (χ0) is 20.1. The van der Waals surface area contributed by atoms with E-state index in [9.17, 15) is 9.59 Å². The number of likely N-dealkylation sites (tertiary alicyclic amines) is 1. The van der Waals surface area contributed by atoms with Gasteiger partial charge < -0.3 is 15.1 Å². The highest BCUT2D eigenvalue weighted by Crippen LogP contribution is 2.30. The van der Waals surface area contributed by atoms with Crippen LogP contribution in [0.25, 0.3) is 0 Å². The molecule has 1 aliphatic rings. The van der Waals surface area contributed by atoms with E-state index in [1.165, 1.54) is 6.92 Å². The zero-order valence-corrected chi connectivity index (χ0v) is 17.6. The molecule has 1 aromatic carbocycles. The van der Waals surface area contributed by atoms with Gasteiger partial charge in [-0.2, -0.15) is 0 Å². The van der Waals surface area contributed by atoms with Crippen LogP contribution in [0, 0.1) is 0 Å². The molecule has 0 saturated carbocycles. The Hall–Kier alpha value is -2.41. The summed E-state index contributed by atoms with van der Waals surface area (Å²) < 4.78 is 0. The van der Waals surface area contributed by atoms with E-state index < -0.39 is 0 Å². The Morgan fingerprint density at radius 2 is 2.04 bits per heavy atom. The third-order valence-electron chi connectivity index (χ3n) is 5.01. The SMILES string of the molecule is CC(=O)NCCc1csc([C@H]2CCCN(C(=O)c3ccc(N(C)C)cc3)C2)n1. The van der Waals surface area contributed by atoms with E-state index >= 15 is 0 Å². The molecule has 2 heterocycles. The summed E-state index contributed by atoms with van der Waals surface area (Å²) in [5, 5.41) is 5.97. The fourth-order valence-electron chi connectivity index (χ4n) is 3.44. The number of aromatic nitrogens is 1. The van der Waals surface area contributed by atoms with Gasteiger partial charge in [-0.1, -0.05) is 0 Å². The number of benzene rings is 1. The van der Waals surface area contributed by atoms with Gasteiger partial charge in [-0.25, -0.2) is 4.98 Å². The van der Waals surface area contributed by atoms with E-state index in [2.05, 4.69) is 10.7 Å². The summed E-state index contributed by atoms with van der Waals surface area (Å²) in [5.74, 6) is 0.367. The number of hydrogen-bond acceptors (Lipinski definition) is 5. The normalized spacial score (nSPS) is 16.7. The summed E-state index contributed by atoms with van der Waals surface area (Å²) in [6.45, 7) is 3.64. The molecule has 6 nitrogen and oxygen atoms in total. The van der Waals surface area contributed by atoms with Crippen LogP contribution in [-0.4, -0.2) is 55.4 Å². The van der Waals surface area contributed by atoms with Gasteiger partial charge >= 0.3 is 0 Å². The number of thiazole rings is 1. The third-order valence-corrected chi connectivity index (χ3v) is 6.07. The summed E-state index contributed by atoms with van der Waals surface area (Å²) in [4.78, 5) is 32.6. The zero-order valence-electron chi connectivity index (χ0n) is 16.8. The molecular weight excluding hydrogens is 372 g/mol. The number of nitrogens with zero attached hydrogens (tertiary/aromatic N) is 3. The van der Waals surface area contributed by atoms with Gasteiger partial charge in [-0.15, -0.1) is 11.3 Å². The quantitative estimate of drug-likeness (QED) is 0.810. The Labute approximate surface area is 170 Å². The van der Waals surface area contributed by atoms with Crippen molar-refractivity contribution in [3.05, 3.63) is 45.9 Å². The van der Waals surface area contributed by atoms with E-state index in [1.54, 1.807) is 11.3 Å². The second-order valence-electron chi connectivity index (χ2n) is 7.44. The summed E-state index contributed by atoms with van der Waals surface area (Å²) in [7, 11) is 3.98. The van der Waals surface area contributed by atoms with Gasteiger partial charge in [-0.3, -0.25) is 9.59 Å². The lowest BCUT2D eigenvalue weighted by Gasteiger charge is -2.32. The molecule has 150 valence electrons. The fraction of sp³-hybridized carbons (Fsp3) is 0.476. The molecule has 1 saturated heterocycles. The fourth-order valence-corrected chi connectivity index (χ4v) is 4.42. The minimum absolute atomic E-state index is 0.0181. The predicted octanol–water partition coefficient (Wildman–Crippen LogP) is 2.91. The van der Waals surface area contributed by atoms with Crippen LogP contribution < -0.4 is 10.2 Å². The number of amides is 2. The number of hydrogen-bond donors (Lipinski definition) is 1. The summed E-state index contributed by atoms with van der Waals surface area (Å²) >= 11 is 1.66. The van der Waals surface area contributed by atoms with E-state index in [-0.39, 0.29) is 11.8 Å². The van der Waals surface area contributed by atoms with E-state index in [1.807, 2.05) is 48.2 Å². The van der Waals surface area contributed by atoms with Crippen molar-refractivity contribution in [2.75, 3.05) is 38.6 Å². The number of rotatable bonds is 6. The first kappa shape index (κ1) is 20.3. The average molecular weight is 401 g/mol. The van der Waals surface area contributed by atoms with Crippen LogP contribution in [0.2, 0.25) is 0 Å². The number of anilines is 1. The maximum atomic E-state index is 12.9. The van der Waals surface area contributed by atoms with Crippen LogP contribution in [-0.2, 0) is 11.2 Å². The second-order valence-corrected chi connectivity index (χ2v) is 8.33. The molecule has 7 heteroatoms. The van der Waals surface area contributed by atoms with Crippen molar-refractivity contribution in [1.29, 1.82) is 0 Å².